The normalized spacial score (nSPS) is 17.6. The molecule has 0 aromatic heterocycles. The number of likely N-dealkylation sites (tertiary alicyclic amines) is 1. The van der Waals surface area contributed by atoms with Gasteiger partial charge in [-0.2, -0.15) is 0 Å². The van der Waals surface area contributed by atoms with Crippen molar-refractivity contribution in [3.8, 4) is 0 Å². The van der Waals surface area contributed by atoms with E-state index in [-0.39, 0.29) is 0 Å². The number of nitrogens with zero attached hydrogens (tertiary/aromatic N) is 2. The lowest BCUT2D eigenvalue weighted by Crippen LogP contribution is -2.36. The Balaban J connectivity index is 1.39. The van der Waals surface area contributed by atoms with Gasteiger partial charge in [0.15, 0.2) is 0 Å². The van der Waals surface area contributed by atoms with Crippen LogP contribution in [0.5, 0.6) is 0 Å². The fourth-order valence-corrected chi connectivity index (χ4v) is 4.72. The lowest BCUT2D eigenvalue weighted by Gasteiger charge is -2.32. The van der Waals surface area contributed by atoms with Gasteiger partial charge >= 0.3 is 5.97 Å². The number of para-hydroxylation sites is 2. The van der Waals surface area contributed by atoms with E-state index in [4.69, 9.17) is 5.11 Å². The fraction of sp³-hybridized carbons (Fsp3) is 0.458. The molecule has 0 bridgehead atoms. The molecule has 2 aromatic carbocycles. The van der Waals surface area contributed by atoms with E-state index in [1.54, 1.807) is 0 Å². The zero-order chi connectivity index (χ0) is 19.3. The molecule has 1 N–H and O–H groups in total. The van der Waals surface area contributed by atoms with Crippen LogP contribution in [-0.4, -0.2) is 42.2 Å². The molecule has 2 aromatic rings. The summed E-state index contributed by atoms with van der Waals surface area (Å²) < 4.78 is 0. The summed E-state index contributed by atoms with van der Waals surface area (Å²) in [5.74, 6) is -0.296. The van der Waals surface area contributed by atoms with Crippen molar-refractivity contribution in [2.75, 3.05) is 31.1 Å². The second-order valence-corrected chi connectivity index (χ2v) is 8.15. The molecule has 0 atom stereocenters. The highest BCUT2D eigenvalue weighted by Crippen LogP contribution is 2.35. The second-order valence-electron chi connectivity index (χ2n) is 8.15. The Bertz CT molecular complexity index is 764. The molecule has 28 heavy (non-hydrogen) atoms. The number of fused-ring (bicyclic) bond motifs is 2. The van der Waals surface area contributed by atoms with Gasteiger partial charge in [-0.3, -0.25) is 4.79 Å². The first-order valence-corrected chi connectivity index (χ1v) is 10.6. The van der Waals surface area contributed by atoms with Gasteiger partial charge in [-0.05, 0) is 80.9 Å². The summed E-state index contributed by atoms with van der Waals surface area (Å²) in [5, 5.41) is 8.98. The number of benzene rings is 2. The fourth-order valence-electron chi connectivity index (χ4n) is 4.72. The standard InChI is InChI=1S/C24H30N2O2/c27-24(28)18-19-12-16-25(17-13-19)14-5-15-26-22-8-3-1-6-20(22)10-11-21-7-2-4-9-23(21)26/h1-4,6-9,19H,5,10-18H2,(H,27,28). The maximum Gasteiger partial charge on any atom is 0.303 e. The SMILES string of the molecule is O=C(O)CC1CCN(CCCN2c3ccccc3CCc3ccccc32)CC1. The molecular weight excluding hydrogens is 348 g/mol. The quantitative estimate of drug-likeness (QED) is 0.804. The highest BCUT2D eigenvalue weighted by molar-refractivity contribution is 5.71. The molecule has 0 radical (unpaired) electrons. The molecular formula is C24H30N2O2. The average molecular weight is 379 g/mol. The van der Waals surface area contributed by atoms with E-state index < -0.39 is 5.97 Å². The van der Waals surface area contributed by atoms with Crippen LogP contribution in [0, 0.1) is 5.92 Å². The highest BCUT2D eigenvalue weighted by atomic mass is 16.4. The summed E-state index contributed by atoms with van der Waals surface area (Å²) in [7, 11) is 0. The van der Waals surface area contributed by atoms with Crippen LogP contribution in [0.1, 0.15) is 36.8 Å². The van der Waals surface area contributed by atoms with Crippen LogP contribution >= 0.6 is 0 Å². The zero-order valence-corrected chi connectivity index (χ0v) is 16.5. The predicted octanol–water partition coefficient (Wildman–Crippen LogP) is 4.50. The van der Waals surface area contributed by atoms with Gasteiger partial charge in [-0.15, -0.1) is 0 Å². The Morgan fingerprint density at radius 3 is 2.04 bits per heavy atom. The Kier molecular flexibility index (Phi) is 5.96. The number of rotatable bonds is 6. The zero-order valence-electron chi connectivity index (χ0n) is 16.5. The number of carboxylic acids is 1. The van der Waals surface area contributed by atoms with Crippen molar-refractivity contribution in [2.24, 2.45) is 5.92 Å². The second kappa shape index (κ2) is 8.78. The van der Waals surface area contributed by atoms with Crippen molar-refractivity contribution in [1.82, 2.24) is 4.90 Å². The number of carboxylic acid groups (broad SMARTS) is 1. The van der Waals surface area contributed by atoms with Gasteiger partial charge in [0.05, 0.1) is 0 Å². The Hall–Kier alpha value is -2.33. The molecule has 4 nitrogen and oxygen atoms in total. The van der Waals surface area contributed by atoms with E-state index in [9.17, 15) is 4.79 Å². The minimum atomic E-state index is -0.656. The van der Waals surface area contributed by atoms with E-state index in [2.05, 4.69) is 58.3 Å². The molecule has 0 amide bonds. The van der Waals surface area contributed by atoms with Crippen molar-refractivity contribution in [1.29, 1.82) is 0 Å². The van der Waals surface area contributed by atoms with Gasteiger partial charge in [-0.25, -0.2) is 0 Å². The van der Waals surface area contributed by atoms with Crippen molar-refractivity contribution in [2.45, 2.75) is 38.5 Å². The summed E-state index contributed by atoms with van der Waals surface area (Å²) in [4.78, 5) is 15.9. The van der Waals surface area contributed by atoms with E-state index in [1.807, 2.05) is 0 Å². The molecule has 0 unspecified atom stereocenters. The lowest BCUT2D eigenvalue weighted by molar-refractivity contribution is -0.138. The first-order valence-electron chi connectivity index (χ1n) is 10.6. The van der Waals surface area contributed by atoms with Crippen LogP contribution in [0.4, 0.5) is 11.4 Å². The van der Waals surface area contributed by atoms with Gasteiger partial charge in [0, 0.05) is 24.3 Å². The van der Waals surface area contributed by atoms with E-state index >= 15 is 0 Å². The highest BCUT2D eigenvalue weighted by Gasteiger charge is 2.22. The van der Waals surface area contributed by atoms with Crippen molar-refractivity contribution < 1.29 is 9.90 Å². The Morgan fingerprint density at radius 1 is 0.893 bits per heavy atom. The van der Waals surface area contributed by atoms with E-state index in [0.29, 0.717) is 12.3 Å². The van der Waals surface area contributed by atoms with Crippen molar-refractivity contribution >= 4 is 17.3 Å². The third-order valence-corrected chi connectivity index (χ3v) is 6.26. The van der Waals surface area contributed by atoms with Crippen LogP contribution in [0.3, 0.4) is 0 Å². The van der Waals surface area contributed by atoms with Gasteiger partial charge in [-0.1, -0.05) is 36.4 Å². The smallest absolute Gasteiger partial charge is 0.303 e. The average Bonchev–Trinajstić information content (AvgIpc) is 2.86. The van der Waals surface area contributed by atoms with Crippen LogP contribution in [-0.2, 0) is 17.6 Å². The summed E-state index contributed by atoms with van der Waals surface area (Å²) in [6.45, 7) is 4.17. The summed E-state index contributed by atoms with van der Waals surface area (Å²) in [6.07, 6.45) is 5.67. The van der Waals surface area contributed by atoms with Gasteiger partial charge < -0.3 is 14.9 Å². The number of aliphatic carboxylic acids is 1. The largest absolute Gasteiger partial charge is 0.481 e. The third-order valence-electron chi connectivity index (χ3n) is 6.26. The molecule has 1 fully saturated rings. The number of hydrogen-bond acceptors (Lipinski definition) is 3. The minimum absolute atomic E-state index is 0.329. The summed E-state index contributed by atoms with van der Waals surface area (Å²) >= 11 is 0. The van der Waals surface area contributed by atoms with Crippen LogP contribution in [0.2, 0.25) is 0 Å². The van der Waals surface area contributed by atoms with Crippen LogP contribution < -0.4 is 4.90 Å². The molecule has 0 saturated carbocycles. The van der Waals surface area contributed by atoms with E-state index in [0.717, 1.165) is 58.3 Å². The summed E-state index contributed by atoms with van der Waals surface area (Å²) in [5.41, 5.74) is 5.58. The van der Waals surface area contributed by atoms with E-state index in [1.165, 1.54) is 22.5 Å². The minimum Gasteiger partial charge on any atom is -0.481 e. The summed E-state index contributed by atoms with van der Waals surface area (Å²) in [6, 6.07) is 17.6. The number of aryl methyl sites for hydroxylation is 2. The third kappa shape index (κ3) is 4.39. The number of carbonyl (C=O) groups is 1. The van der Waals surface area contributed by atoms with Gasteiger partial charge in [0.25, 0.3) is 0 Å². The molecule has 1 saturated heterocycles. The number of hydrogen-bond donors (Lipinski definition) is 1. The first-order chi connectivity index (χ1) is 13.7. The van der Waals surface area contributed by atoms with Crippen molar-refractivity contribution in [3.63, 3.8) is 0 Å². The number of piperidine rings is 1. The first kappa shape index (κ1) is 19.0. The molecule has 0 aliphatic carbocycles. The predicted molar refractivity (Wildman–Crippen MR) is 113 cm³/mol. The Morgan fingerprint density at radius 2 is 1.46 bits per heavy atom. The van der Waals surface area contributed by atoms with Crippen LogP contribution in [0.15, 0.2) is 48.5 Å². The molecule has 4 heteroatoms. The van der Waals surface area contributed by atoms with Gasteiger partial charge in [0.2, 0.25) is 0 Å². The number of anilines is 2. The monoisotopic (exact) mass is 378 g/mol. The van der Waals surface area contributed by atoms with Gasteiger partial charge in [0.1, 0.15) is 0 Å². The molecule has 0 spiro atoms. The van der Waals surface area contributed by atoms with Crippen molar-refractivity contribution in [3.05, 3.63) is 59.7 Å². The molecule has 4 rings (SSSR count). The molecule has 148 valence electrons. The Labute approximate surface area is 167 Å². The maximum absolute atomic E-state index is 10.9. The van der Waals surface area contributed by atoms with Crippen LogP contribution in [0.25, 0.3) is 0 Å². The molecule has 2 heterocycles. The topological polar surface area (TPSA) is 43.8 Å². The lowest BCUT2D eigenvalue weighted by atomic mass is 9.93. The molecule has 2 aliphatic heterocycles. The molecule has 2 aliphatic rings. The maximum atomic E-state index is 10.9.